The van der Waals surface area contributed by atoms with Gasteiger partial charge in [0.25, 0.3) is 0 Å². The molecule has 21 heavy (non-hydrogen) atoms. The van der Waals surface area contributed by atoms with Gasteiger partial charge >= 0.3 is 5.97 Å². The Morgan fingerprint density at radius 2 is 2.00 bits per heavy atom. The summed E-state index contributed by atoms with van der Waals surface area (Å²) in [6, 6.07) is 0. The predicted octanol–water partition coefficient (Wildman–Crippen LogP) is 1.05. The van der Waals surface area contributed by atoms with Gasteiger partial charge in [-0.05, 0) is 38.2 Å². The first-order chi connectivity index (χ1) is 9.85. The van der Waals surface area contributed by atoms with Crippen molar-refractivity contribution in [2.45, 2.75) is 38.6 Å². The fraction of sp³-hybridized carbons (Fsp3) is 0.643. The molecule has 2 N–H and O–H groups in total. The summed E-state index contributed by atoms with van der Waals surface area (Å²) < 4.78 is 1.74. The summed E-state index contributed by atoms with van der Waals surface area (Å²) in [6.07, 6.45) is 1.13. The van der Waals surface area contributed by atoms with Gasteiger partial charge in [0.15, 0.2) is 0 Å². The molecule has 0 bridgehead atoms. The number of carbonyl (C=O) groups excluding carboxylic acids is 1. The molecule has 1 aliphatic heterocycles. The lowest BCUT2D eigenvalue weighted by atomic mass is 9.92. The van der Waals surface area contributed by atoms with Gasteiger partial charge in [-0.1, -0.05) is 0 Å². The zero-order valence-electron chi connectivity index (χ0n) is 12.6. The van der Waals surface area contributed by atoms with Crippen molar-refractivity contribution in [3.63, 3.8) is 0 Å². The lowest BCUT2D eigenvalue weighted by Gasteiger charge is -2.33. The number of hydrogen-bond acceptors (Lipinski definition) is 4. The van der Waals surface area contributed by atoms with E-state index in [-0.39, 0.29) is 12.3 Å². The van der Waals surface area contributed by atoms with Gasteiger partial charge in [0, 0.05) is 18.3 Å². The maximum atomic E-state index is 12.3. The molecule has 0 atom stereocenters. The number of carbonyl (C=O) groups is 2. The number of thioether (sulfide) groups is 1. The monoisotopic (exact) mass is 311 g/mol. The summed E-state index contributed by atoms with van der Waals surface area (Å²) in [5.74, 6) is 0.342. The highest BCUT2D eigenvalue weighted by atomic mass is 32.2. The third-order valence-electron chi connectivity index (χ3n) is 4.13. The summed E-state index contributed by atoms with van der Waals surface area (Å²) in [5.41, 5.74) is 1.52. The molecule has 2 rings (SSSR count). The summed E-state index contributed by atoms with van der Waals surface area (Å²) in [6.45, 7) is 3.77. The first kappa shape index (κ1) is 15.9. The van der Waals surface area contributed by atoms with Gasteiger partial charge in [-0.15, -0.1) is 0 Å². The molecule has 1 aliphatic rings. The van der Waals surface area contributed by atoms with Gasteiger partial charge in [-0.2, -0.15) is 16.9 Å². The largest absolute Gasteiger partial charge is 0.480 e. The number of hydrogen-bond donors (Lipinski definition) is 2. The Labute approximate surface area is 128 Å². The van der Waals surface area contributed by atoms with Crippen molar-refractivity contribution >= 4 is 23.6 Å². The van der Waals surface area contributed by atoms with Crippen LogP contribution >= 0.6 is 11.8 Å². The Morgan fingerprint density at radius 1 is 1.38 bits per heavy atom. The molecular formula is C14H21N3O3S. The highest BCUT2D eigenvalue weighted by Crippen LogP contribution is 2.27. The molecule has 1 fully saturated rings. The van der Waals surface area contributed by atoms with Gasteiger partial charge < -0.3 is 10.4 Å². The second-order valence-corrected chi connectivity index (χ2v) is 6.72. The average molecular weight is 311 g/mol. The Kier molecular flexibility index (Phi) is 4.61. The van der Waals surface area contributed by atoms with Gasteiger partial charge in [0.2, 0.25) is 5.91 Å². The number of aliphatic carboxylic acids is 1. The Hall–Kier alpha value is -1.50. The minimum absolute atomic E-state index is 0.174. The Morgan fingerprint density at radius 3 is 2.48 bits per heavy atom. The van der Waals surface area contributed by atoms with E-state index in [4.69, 9.17) is 0 Å². The van der Waals surface area contributed by atoms with Crippen LogP contribution in [0.25, 0.3) is 0 Å². The van der Waals surface area contributed by atoms with Crippen molar-refractivity contribution in [3.8, 4) is 0 Å². The highest BCUT2D eigenvalue weighted by Gasteiger charge is 2.41. The molecular weight excluding hydrogens is 290 g/mol. The van der Waals surface area contributed by atoms with Crippen molar-refractivity contribution in [3.05, 3.63) is 17.0 Å². The van der Waals surface area contributed by atoms with Crippen molar-refractivity contribution in [2.24, 2.45) is 7.05 Å². The molecule has 2 heterocycles. The second kappa shape index (κ2) is 6.09. The zero-order valence-corrected chi connectivity index (χ0v) is 13.4. The van der Waals surface area contributed by atoms with Crippen LogP contribution in [-0.2, 0) is 23.1 Å². The number of nitrogens with zero attached hydrogens (tertiary/aromatic N) is 2. The van der Waals surface area contributed by atoms with Crippen molar-refractivity contribution in [2.75, 3.05) is 11.5 Å². The van der Waals surface area contributed by atoms with Gasteiger partial charge in [-0.25, -0.2) is 4.79 Å². The van der Waals surface area contributed by atoms with Crippen molar-refractivity contribution in [1.82, 2.24) is 15.1 Å². The standard InChI is InChI=1S/C14H21N3O3S/c1-9-11(10(2)17(3)16-9)8-12(18)15-14(13(19)20)4-6-21-7-5-14/h4-8H2,1-3H3,(H,15,18)(H,19,20). The maximum Gasteiger partial charge on any atom is 0.329 e. The summed E-state index contributed by atoms with van der Waals surface area (Å²) in [5, 5.41) is 16.5. The maximum absolute atomic E-state index is 12.3. The minimum atomic E-state index is -1.10. The van der Waals surface area contributed by atoms with E-state index in [0.29, 0.717) is 12.8 Å². The van der Waals surface area contributed by atoms with Gasteiger partial charge in [0.1, 0.15) is 5.54 Å². The molecule has 1 aromatic rings. The zero-order chi connectivity index (χ0) is 15.6. The van der Waals surface area contributed by atoms with Crippen LogP contribution < -0.4 is 5.32 Å². The van der Waals surface area contributed by atoms with Crippen LogP contribution in [0.1, 0.15) is 29.8 Å². The topological polar surface area (TPSA) is 84.2 Å². The van der Waals surface area contributed by atoms with Crippen molar-refractivity contribution < 1.29 is 14.7 Å². The van der Waals surface area contributed by atoms with E-state index in [1.807, 2.05) is 20.9 Å². The third kappa shape index (κ3) is 3.23. The molecule has 0 aliphatic carbocycles. The van der Waals surface area contributed by atoms with Crippen LogP contribution in [0.5, 0.6) is 0 Å². The molecule has 0 radical (unpaired) electrons. The fourth-order valence-electron chi connectivity index (χ4n) is 2.66. The lowest BCUT2D eigenvalue weighted by Crippen LogP contribution is -2.56. The molecule has 1 amide bonds. The van der Waals surface area contributed by atoms with Crippen LogP contribution in [0, 0.1) is 13.8 Å². The number of carboxylic acid groups (broad SMARTS) is 1. The van der Waals surface area contributed by atoms with Crippen LogP contribution in [-0.4, -0.2) is 43.8 Å². The quantitative estimate of drug-likeness (QED) is 0.868. The number of aryl methyl sites for hydroxylation is 2. The Balaban J connectivity index is 2.11. The van der Waals surface area contributed by atoms with E-state index in [1.165, 1.54) is 0 Å². The second-order valence-electron chi connectivity index (χ2n) is 5.50. The molecule has 1 saturated heterocycles. The van der Waals surface area contributed by atoms with E-state index < -0.39 is 11.5 Å². The molecule has 6 nitrogen and oxygen atoms in total. The third-order valence-corrected chi connectivity index (χ3v) is 5.12. The first-order valence-electron chi connectivity index (χ1n) is 6.97. The fourth-order valence-corrected chi connectivity index (χ4v) is 3.85. The number of carboxylic acids is 1. The summed E-state index contributed by atoms with van der Waals surface area (Å²) in [4.78, 5) is 23.8. The molecule has 7 heteroatoms. The summed E-state index contributed by atoms with van der Waals surface area (Å²) >= 11 is 1.73. The molecule has 0 unspecified atom stereocenters. The van der Waals surface area contributed by atoms with E-state index in [9.17, 15) is 14.7 Å². The molecule has 0 spiro atoms. The number of rotatable bonds is 4. The van der Waals surface area contributed by atoms with Crippen LogP contribution in [0.2, 0.25) is 0 Å². The SMILES string of the molecule is Cc1nn(C)c(C)c1CC(=O)NC1(C(=O)O)CCSCC1. The molecule has 116 valence electrons. The number of amides is 1. The van der Waals surface area contributed by atoms with E-state index >= 15 is 0 Å². The van der Waals surface area contributed by atoms with Crippen molar-refractivity contribution in [1.29, 1.82) is 0 Å². The van der Waals surface area contributed by atoms with E-state index in [0.717, 1.165) is 28.5 Å². The lowest BCUT2D eigenvalue weighted by molar-refractivity contribution is -0.148. The number of nitrogens with one attached hydrogen (secondary N) is 1. The molecule has 1 aromatic heterocycles. The van der Waals surface area contributed by atoms with Crippen LogP contribution in [0.15, 0.2) is 0 Å². The average Bonchev–Trinajstić information content (AvgIpc) is 2.66. The predicted molar refractivity (Wildman–Crippen MR) is 81.5 cm³/mol. The van der Waals surface area contributed by atoms with Gasteiger partial charge in [-0.3, -0.25) is 9.48 Å². The normalized spacial score (nSPS) is 17.5. The Bertz CT molecular complexity index is 562. The summed E-state index contributed by atoms with van der Waals surface area (Å²) in [7, 11) is 1.83. The first-order valence-corrected chi connectivity index (χ1v) is 8.12. The highest BCUT2D eigenvalue weighted by molar-refractivity contribution is 7.99. The molecule has 0 aromatic carbocycles. The van der Waals surface area contributed by atoms with Crippen LogP contribution in [0.3, 0.4) is 0 Å². The van der Waals surface area contributed by atoms with E-state index in [1.54, 1.807) is 16.4 Å². The molecule has 0 saturated carbocycles. The van der Waals surface area contributed by atoms with Crippen LogP contribution in [0.4, 0.5) is 0 Å². The van der Waals surface area contributed by atoms with E-state index in [2.05, 4.69) is 10.4 Å². The minimum Gasteiger partial charge on any atom is -0.480 e. The smallest absolute Gasteiger partial charge is 0.329 e. The van der Waals surface area contributed by atoms with Gasteiger partial charge in [0.05, 0.1) is 12.1 Å². The number of aromatic nitrogens is 2.